The average molecular weight is 426 g/mol. The first-order valence-electron chi connectivity index (χ1n) is 10.2. The topological polar surface area (TPSA) is 120 Å². The highest BCUT2D eigenvalue weighted by molar-refractivity contribution is 5.99. The fourth-order valence-corrected chi connectivity index (χ4v) is 3.74. The lowest BCUT2D eigenvalue weighted by Crippen LogP contribution is -2.43. The molecule has 11 nitrogen and oxygen atoms in total. The molecule has 3 aromatic heterocycles. The van der Waals surface area contributed by atoms with Crippen LogP contribution in [0.1, 0.15) is 51.6 Å². The Morgan fingerprint density at radius 1 is 1.39 bits per heavy atom. The Hall–Kier alpha value is -3.34. The average Bonchev–Trinajstić information content (AvgIpc) is 3.46. The summed E-state index contributed by atoms with van der Waals surface area (Å²) in [6.45, 7) is 7.11. The highest BCUT2D eigenvalue weighted by atomic mass is 16.5. The lowest BCUT2D eigenvalue weighted by Gasteiger charge is -2.22. The van der Waals surface area contributed by atoms with E-state index >= 15 is 0 Å². The largest absolute Gasteiger partial charge is 0.379 e. The van der Waals surface area contributed by atoms with Crippen LogP contribution in [0, 0.1) is 13.8 Å². The second kappa shape index (κ2) is 8.42. The molecule has 3 aromatic rings. The van der Waals surface area contributed by atoms with E-state index < -0.39 is 0 Å². The van der Waals surface area contributed by atoms with Crippen LogP contribution >= 0.6 is 0 Å². The summed E-state index contributed by atoms with van der Waals surface area (Å²) in [6, 6.07) is 1.64. The van der Waals surface area contributed by atoms with Gasteiger partial charge in [-0.05, 0) is 33.3 Å². The SMILES string of the molecule is Cc1ccn2ncc(C(=O)NC(C)CN(C)C(=O)c3nnn(C4CCOC4)c3C)c2n1. The first-order chi connectivity index (χ1) is 14.8. The fourth-order valence-electron chi connectivity index (χ4n) is 3.74. The number of hydrogen-bond acceptors (Lipinski definition) is 7. The quantitative estimate of drug-likeness (QED) is 0.619. The lowest BCUT2D eigenvalue weighted by molar-refractivity contribution is 0.0763. The summed E-state index contributed by atoms with van der Waals surface area (Å²) in [5.41, 5.74) is 2.72. The molecule has 11 heteroatoms. The van der Waals surface area contributed by atoms with Crippen molar-refractivity contribution in [2.24, 2.45) is 0 Å². The first kappa shape index (κ1) is 20.9. The molecule has 1 fully saturated rings. The van der Waals surface area contributed by atoms with Crippen molar-refractivity contribution in [3.05, 3.63) is 41.1 Å². The third-order valence-corrected chi connectivity index (χ3v) is 5.41. The minimum Gasteiger partial charge on any atom is -0.379 e. The van der Waals surface area contributed by atoms with Crippen LogP contribution in [-0.2, 0) is 4.74 Å². The minimum atomic E-state index is -0.292. The van der Waals surface area contributed by atoms with Gasteiger partial charge in [-0.1, -0.05) is 5.21 Å². The van der Waals surface area contributed by atoms with Crippen LogP contribution in [0.5, 0.6) is 0 Å². The molecule has 1 aliphatic heterocycles. The Kier molecular flexibility index (Phi) is 5.68. The summed E-state index contributed by atoms with van der Waals surface area (Å²) < 4.78 is 8.73. The van der Waals surface area contributed by atoms with Crippen LogP contribution in [0.3, 0.4) is 0 Å². The Morgan fingerprint density at radius 2 is 2.19 bits per heavy atom. The number of likely N-dealkylation sites (N-methyl/N-ethyl adjacent to an activating group) is 1. The molecule has 0 saturated carbocycles. The predicted octanol–water partition coefficient (Wildman–Crippen LogP) is 0.790. The van der Waals surface area contributed by atoms with Crippen molar-refractivity contribution in [1.29, 1.82) is 0 Å². The van der Waals surface area contributed by atoms with Gasteiger partial charge in [-0.25, -0.2) is 14.2 Å². The van der Waals surface area contributed by atoms with Gasteiger partial charge in [0, 0.05) is 38.1 Å². The second-order valence-corrected chi connectivity index (χ2v) is 7.94. The third-order valence-electron chi connectivity index (χ3n) is 5.41. The summed E-state index contributed by atoms with van der Waals surface area (Å²) in [5.74, 6) is -0.526. The molecule has 1 N–H and O–H groups in total. The number of rotatable bonds is 6. The summed E-state index contributed by atoms with van der Waals surface area (Å²) in [7, 11) is 1.68. The van der Waals surface area contributed by atoms with Gasteiger partial charge < -0.3 is 15.0 Å². The summed E-state index contributed by atoms with van der Waals surface area (Å²) in [4.78, 5) is 31.5. The molecule has 2 amide bonds. The number of carbonyl (C=O) groups excluding carboxylic acids is 2. The van der Waals surface area contributed by atoms with E-state index in [1.807, 2.05) is 26.8 Å². The molecule has 0 bridgehead atoms. The van der Waals surface area contributed by atoms with Crippen LogP contribution in [-0.4, -0.2) is 79.2 Å². The van der Waals surface area contributed by atoms with Gasteiger partial charge in [0.2, 0.25) is 0 Å². The molecule has 164 valence electrons. The van der Waals surface area contributed by atoms with Gasteiger partial charge >= 0.3 is 0 Å². The molecule has 0 radical (unpaired) electrons. The standard InChI is InChI=1S/C20H26N8O3/c1-12-5-7-27-18(22-12)16(9-21-27)19(29)23-13(2)10-26(4)20(30)17-14(3)28(25-24-17)15-6-8-31-11-15/h5,7,9,13,15H,6,8,10-11H2,1-4H3,(H,23,29). The highest BCUT2D eigenvalue weighted by Gasteiger charge is 2.27. The molecule has 4 heterocycles. The number of fused-ring (bicyclic) bond motifs is 1. The van der Waals surface area contributed by atoms with E-state index in [2.05, 4.69) is 25.7 Å². The second-order valence-electron chi connectivity index (χ2n) is 7.94. The van der Waals surface area contributed by atoms with Crippen molar-refractivity contribution in [3.8, 4) is 0 Å². The number of aromatic nitrogens is 6. The molecular weight excluding hydrogens is 400 g/mol. The molecular formula is C20H26N8O3. The number of amides is 2. The summed E-state index contributed by atoms with van der Waals surface area (Å²) in [6.07, 6.45) is 4.11. The molecule has 1 saturated heterocycles. The Labute approximate surface area is 179 Å². The molecule has 0 aromatic carbocycles. The van der Waals surface area contributed by atoms with Gasteiger partial charge in [-0.2, -0.15) is 5.10 Å². The van der Waals surface area contributed by atoms with Crippen LogP contribution in [0.4, 0.5) is 0 Å². The van der Waals surface area contributed by atoms with Crippen molar-refractivity contribution in [2.75, 3.05) is 26.8 Å². The number of carbonyl (C=O) groups is 2. The van der Waals surface area contributed by atoms with E-state index in [4.69, 9.17) is 4.74 Å². The smallest absolute Gasteiger partial charge is 0.276 e. The number of nitrogens with zero attached hydrogens (tertiary/aromatic N) is 7. The maximum atomic E-state index is 12.9. The van der Waals surface area contributed by atoms with Crippen LogP contribution in [0.15, 0.2) is 18.5 Å². The zero-order chi connectivity index (χ0) is 22.1. The van der Waals surface area contributed by atoms with Crippen molar-refractivity contribution in [2.45, 2.75) is 39.3 Å². The maximum absolute atomic E-state index is 12.9. The van der Waals surface area contributed by atoms with Gasteiger partial charge in [-0.15, -0.1) is 5.10 Å². The van der Waals surface area contributed by atoms with Crippen LogP contribution in [0.2, 0.25) is 0 Å². The van der Waals surface area contributed by atoms with Crippen molar-refractivity contribution in [1.82, 2.24) is 39.8 Å². The van der Waals surface area contributed by atoms with E-state index in [9.17, 15) is 9.59 Å². The van der Waals surface area contributed by atoms with Crippen molar-refractivity contribution in [3.63, 3.8) is 0 Å². The number of aryl methyl sites for hydroxylation is 1. The monoisotopic (exact) mass is 426 g/mol. The number of hydrogen-bond donors (Lipinski definition) is 1. The van der Waals surface area contributed by atoms with Gasteiger partial charge in [0.15, 0.2) is 11.3 Å². The van der Waals surface area contributed by atoms with Gasteiger partial charge in [-0.3, -0.25) is 9.59 Å². The Balaban J connectivity index is 1.40. The molecule has 0 spiro atoms. The molecule has 1 aliphatic rings. The van der Waals surface area contributed by atoms with Crippen LogP contribution in [0.25, 0.3) is 5.65 Å². The third kappa shape index (κ3) is 4.13. The van der Waals surface area contributed by atoms with E-state index in [1.165, 1.54) is 11.1 Å². The first-order valence-corrected chi connectivity index (χ1v) is 10.2. The summed E-state index contributed by atoms with van der Waals surface area (Å²) >= 11 is 0. The molecule has 31 heavy (non-hydrogen) atoms. The molecule has 4 rings (SSSR count). The normalized spacial score (nSPS) is 17.1. The lowest BCUT2D eigenvalue weighted by atomic mass is 10.2. The van der Waals surface area contributed by atoms with E-state index in [0.29, 0.717) is 36.7 Å². The highest BCUT2D eigenvalue weighted by Crippen LogP contribution is 2.21. The van der Waals surface area contributed by atoms with Gasteiger partial charge in [0.1, 0.15) is 5.56 Å². The predicted molar refractivity (Wildman–Crippen MR) is 111 cm³/mol. The fraction of sp³-hybridized carbons (Fsp3) is 0.500. The number of nitrogens with one attached hydrogen (secondary N) is 1. The van der Waals surface area contributed by atoms with Crippen LogP contribution < -0.4 is 5.32 Å². The Bertz CT molecular complexity index is 1120. The number of ether oxygens (including phenoxy) is 1. The van der Waals surface area contributed by atoms with E-state index in [0.717, 1.165) is 17.8 Å². The van der Waals surface area contributed by atoms with E-state index in [-0.39, 0.29) is 23.9 Å². The molecule has 0 aliphatic carbocycles. The molecule has 2 atom stereocenters. The van der Waals surface area contributed by atoms with Crippen molar-refractivity contribution >= 4 is 17.5 Å². The zero-order valence-corrected chi connectivity index (χ0v) is 18.1. The summed E-state index contributed by atoms with van der Waals surface area (Å²) in [5, 5.41) is 15.3. The zero-order valence-electron chi connectivity index (χ0n) is 18.1. The maximum Gasteiger partial charge on any atom is 0.276 e. The van der Waals surface area contributed by atoms with Crippen molar-refractivity contribution < 1.29 is 14.3 Å². The van der Waals surface area contributed by atoms with Gasteiger partial charge in [0.05, 0.1) is 24.5 Å². The minimum absolute atomic E-state index is 0.112. The van der Waals surface area contributed by atoms with Gasteiger partial charge in [0.25, 0.3) is 11.8 Å². The molecule has 2 unspecified atom stereocenters. The Morgan fingerprint density at radius 3 is 2.94 bits per heavy atom. The van der Waals surface area contributed by atoms with E-state index in [1.54, 1.807) is 22.4 Å².